The van der Waals surface area contributed by atoms with Gasteiger partial charge >= 0.3 is 0 Å². The van der Waals surface area contributed by atoms with E-state index >= 15 is 0 Å². The van der Waals surface area contributed by atoms with Gasteiger partial charge in [-0.25, -0.2) is 4.39 Å². The van der Waals surface area contributed by atoms with Crippen LogP contribution in [0.15, 0.2) is 52.6 Å². The Bertz CT molecular complexity index is 1120. The number of rotatable bonds is 6. The third-order valence-corrected chi connectivity index (χ3v) is 6.10. The van der Waals surface area contributed by atoms with Crippen LogP contribution in [-0.4, -0.2) is 44.4 Å². The highest BCUT2D eigenvalue weighted by Gasteiger charge is 2.31. The molecule has 0 radical (unpaired) electrons. The van der Waals surface area contributed by atoms with Gasteiger partial charge in [0.1, 0.15) is 17.8 Å². The molecule has 0 unspecified atom stereocenters. The van der Waals surface area contributed by atoms with Gasteiger partial charge in [-0.1, -0.05) is 24.6 Å². The Balaban J connectivity index is 0.000000225. The summed E-state index contributed by atoms with van der Waals surface area (Å²) in [5.41, 5.74) is 5.96. The molecule has 1 aromatic carbocycles. The van der Waals surface area contributed by atoms with Crippen molar-refractivity contribution < 1.29 is 9.18 Å². The number of carbonyl (C=O) groups is 1. The van der Waals surface area contributed by atoms with E-state index in [1.807, 2.05) is 42.5 Å². The van der Waals surface area contributed by atoms with Crippen molar-refractivity contribution in [1.82, 2.24) is 25.0 Å². The third-order valence-electron chi connectivity index (χ3n) is 6.10. The number of hydrogen-bond acceptors (Lipinski definition) is 5. The second-order valence-corrected chi connectivity index (χ2v) is 9.50. The van der Waals surface area contributed by atoms with E-state index in [9.17, 15) is 9.18 Å². The molecule has 0 bridgehead atoms. The first kappa shape index (κ1) is 26.3. The number of halogens is 1. The topological polar surface area (TPSA) is 75.4 Å². The molecule has 1 fully saturated rings. The molecular formula is C27H37FN6O. The molecule has 1 aliphatic carbocycles. The van der Waals surface area contributed by atoms with Gasteiger partial charge in [0.15, 0.2) is 0 Å². The van der Waals surface area contributed by atoms with Crippen molar-refractivity contribution >= 4 is 17.3 Å². The number of para-hydroxylation sites is 1. The predicted molar refractivity (Wildman–Crippen MR) is 138 cm³/mol. The van der Waals surface area contributed by atoms with Crippen molar-refractivity contribution in [3.05, 3.63) is 64.8 Å². The predicted octanol–water partition coefficient (Wildman–Crippen LogP) is 5.88. The second kappa shape index (κ2) is 11.9. The average molecular weight is 481 g/mol. The molecule has 2 heterocycles. The van der Waals surface area contributed by atoms with Crippen LogP contribution in [0.5, 0.6) is 0 Å². The van der Waals surface area contributed by atoms with Crippen molar-refractivity contribution in [2.75, 3.05) is 13.1 Å². The Kier molecular flexibility index (Phi) is 8.95. The van der Waals surface area contributed by atoms with E-state index in [2.05, 4.69) is 41.3 Å². The normalized spacial score (nSPS) is 16.0. The van der Waals surface area contributed by atoms with Gasteiger partial charge in [0.2, 0.25) is 5.82 Å². The van der Waals surface area contributed by atoms with Crippen LogP contribution in [0.1, 0.15) is 82.5 Å². The number of hydrogen-bond donors (Lipinski definition) is 1. The van der Waals surface area contributed by atoms with Crippen LogP contribution in [-0.2, 0) is 0 Å². The molecule has 1 N–H and O–H groups in total. The van der Waals surface area contributed by atoms with Gasteiger partial charge in [-0.05, 0) is 77.3 Å². The van der Waals surface area contributed by atoms with Gasteiger partial charge in [-0.15, -0.1) is 10.2 Å². The van der Waals surface area contributed by atoms with Crippen LogP contribution in [0.25, 0.3) is 0 Å². The summed E-state index contributed by atoms with van der Waals surface area (Å²) in [5.74, 6) is 0.230. The molecule has 1 saturated carbocycles. The van der Waals surface area contributed by atoms with E-state index in [1.165, 1.54) is 22.9 Å². The Morgan fingerprint density at radius 1 is 1.26 bits per heavy atom. The molecule has 0 atom stereocenters. The Morgan fingerprint density at radius 2 is 2.00 bits per heavy atom. The van der Waals surface area contributed by atoms with Crippen molar-refractivity contribution in [3.63, 3.8) is 0 Å². The smallest absolute Gasteiger partial charge is 0.292 e. The second-order valence-electron chi connectivity index (χ2n) is 9.50. The number of benzene rings is 1. The molecule has 8 heteroatoms. The molecule has 1 aliphatic heterocycles. The first-order valence-corrected chi connectivity index (χ1v) is 12.3. The van der Waals surface area contributed by atoms with Crippen LogP contribution in [0.2, 0.25) is 0 Å². The van der Waals surface area contributed by atoms with Gasteiger partial charge in [0.05, 0.1) is 0 Å². The van der Waals surface area contributed by atoms with Crippen LogP contribution in [0.3, 0.4) is 0 Å². The molecular weight excluding hydrogens is 443 g/mol. The van der Waals surface area contributed by atoms with Gasteiger partial charge in [0.25, 0.3) is 5.91 Å². The fraction of sp³-hybridized carbons (Fsp3) is 0.481. The number of allylic oxidation sites excluding steroid dienone is 1. The minimum atomic E-state index is -0.243. The number of carbonyl (C=O) groups excluding carboxylic acids is 1. The SMILES string of the molecule is CC(C)=CNC1=C(C)CN(C(=O)c2nncn2C2CC2)CC1.CCC(C)=Nc1c(C)cccc1F. The Morgan fingerprint density at radius 3 is 2.60 bits per heavy atom. The highest BCUT2D eigenvalue weighted by Crippen LogP contribution is 2.35. The number of nitrogens with one attached hydrogen (secondary N) is 1. The van der Waals surface area contributed by atoms with Crippen LogP contribution in [0.4, 0.5) is 10.1 Å². The van der Waals surface area contributed by atoms with Crippen LogP contribution < -0.4 is 5.32 Å². The summed E-state index contributed by atoms with van der Waals surface area (Å²) >= 11 is 0. The minimum absolute atomic E-state index is 0.00925. The minimum Gasteiger partial charge on any atom is -0.365 e. The quantitative estimate of drug-likeness (QED) is 0.524. The Labute approximate surface area is 207 Å². The summed E-state index contributed by atoms with van der Waals surface area (Å²) in [6, 6.07) is 5.43. The lowest BCUT2D eigenvalue weighted by molar-refractivity contribution is 0.0744. The van der Waals surface area contributed by atoms with Crippen molar-refractivity contribution in [3.8, 4) is 0 Å². The summed E-state index contributed by atoms with van der Waals surface area (Å²) in [4.78, 5) is 18.8. The largest absolute Gasteiger partial charge is 0.365 e. The van der Waals surface area contributed by atoms with Gasteiger partial charge in [-0.3, -0.25) is 9.79 Å². The molecule has 2 aliphatic rings. The maximum Gasteiger partial charge on any atom is 0.292 e. The molecule has 0 spiro atoms. The highest BCUT2D eigenvalue weighted by molar-refractivity contribution is 5.91. The standard InChI is InChI=1S/C16H23N5O.C11H14FN/c1-11(2)8-17-14-6-7-20(9-12(14)3)16(22)15-19-18-10-21(15)13-4-5-13;1-4-9(3)13-11-8(2)6-5-7-10(11)12/h8,10,13,17H,4-7,9H2,1-3H3;5-7H,4H2,1-3H3. The van der Waals surface area contributed by atoms with Crippen molar-refractivity contribution in [2.24, 2.45) is 4.99 Å². The van der Waals surface area contributed by atoms with Crippen molar-refractivity contribution in [1.29, 1.82) is 0 Å². The molecule has 0 saturated heterocycles. The fourth-order valence-electron chi connectivity index (χ4n) is 3.71. The molecule has 188 valence electrons. The lowest BCUT2D eigenvalue weighted by Crippen LogP contribution is -2.39. The zero-order valence-electron chi connectivity index (χ0n) is 21.7. The number of nitrogens with zero attached hydrogens (tertiary/aromatic N) is 5. The van der Waals surface area contributed by atoms with Gasteiger partial charge < -0.3 is 14.8 Å². The van der Waals surface area contributed by atoms with E-state index in [1.54, 1.807) is 12.4 Å². The molecule has 35 heavy (non-hydrogen) atoms. The zero-order chi connectivity index (χ0) is 25.5. The van der Waals surface area contributed by atoms with Gasteiger partial charge in [0, 0.05) is 37.0 Å². The molecule has 4 rings (SSSR count). The molecule has 7 nitrogen and oxygen atoms in total. The molecule has 1 amide bonds. The monoisotopic (exact) mass is 480 g/mol. The maximum absolute atomic E-state index is 13.2. The third kappa shape index (κ3) is 7.10. The molecule has 1 aromatic heterocycles. The number of aliphatic imine (C=N–C) groups is 1. The van der Waals surface area contributed by atoms with E-state index in [-0.39, 0.29) is 11.7 Å². The van der Waals surface area contributed by atoms with Gasteiger partial charge in [-0.2, -0.15) is 0 Å². The highest BCUT2D eigenvalue weighted by atomic mass is 19.1. The maximum atomic E-state index is 13.2. The zero-order valence-corrected chi connectivity index (χ0v) is 21.7. The first-order chi connectivity index (χ1) is 16.7. The first-order valence-electron chi connectivity index (χ1n) is 12.3. The summed E-state index contributed by atoms with van der Waals surface area (Å²) in [7, 11) is 0. The molecule has 2 aromatic rings. The van der Waals surface area contributed by atoms with Crippen LogP contribution >= 0.6 is 0 Å². The number of aryl methyl sites for hydroxylation is 1. The van der Waals surface area contributed by atoms with Crippen molar-refractivity contribution in [2.45, 2.75) is 73.3 Å². The average Bonchev–Trinajstić information content (AvgIpc) is 3.56. The summed E-state index contributed by atoms with van der Waals surface area (Å²) in [6.45, 7) is 13.3. The lowest BCUT2D eigenvalue weighted by Gasteiger charge is -2.29. The van der Waals surface area contributed by atoms with E-state index < -0.39 is 0 Å². The lowest BCUT2D eigenvalue weighted by atomic mass is 10.1. The van der Waals surface area contributed by atoms with E-state index in [4.69, 9.17) is 0 Å². The number of amides is 1. The fourth-order valence-corrected chi connectivity index (χ4v) is 3.71. The van der Waals surface area contributed by atoms with E-state index in [0.29, 0.717) is 30.6 Å². The summed E-state index contributed by atoms with van der Waals surface area (Å²) in [5, 5.41) is 11.3. The summed E-state index contributed by atoms with van der Waals surface area (Å²) in [6.07, 6.45) is 7.63. The van der Waals surface area contributed by atoms with E-state index in [0.717, 1.165) is 37.0 Å². The summed E-state index contributed by atoms with van der Waals surface area (Å²) < 4.78 is 15.2. The van der Waals surface area contributed by atoms with Crippen LogP contribution in [0, 0.1) is 12.7 Å². The number of aromatic nitrogens is 3. The Hall–Kier alpha value is -3.29.